The fraction of sp³-hybridized carbons (Fsp3) is 1.00. The molecule has 64 valence electrons. The molecule has 1 atom stereocenters. The number of hydrogen-bond acceptors (Lipinski definition) is 2. The van der Waals surface area contributed by atoms with Crippen molar-refractivity contribution in [3.8, 4) is 0 Å². The Morgan fingerprint density at radius 2 is 2.09 bits per heavy atom. The molecule has 2 heteroatoms. The van der Waals surface area contributed by atoms with Crippen LogP contribution in [-0.2, 0) is 4.74 Å². The molecule has 1 saturated carbocycles. The van der Waals surface area contributed by atoms with E-state index in [-0.39, 0.29) is 5.54 Å². The van der Waals surface area contributed by atoms with Gasteiger partial charge < -0.3 is 10.5 Å². The van der Waals surface area contributed by atoms with Crippen LogP contribution in [0.15, 0.2) is 0 Å². The van der Waals surface area contributed by atoms with Crippen molar-refractivity contribution >= 4 is 0 Å². The van der Waals surface area contributed by atoms with Crippen molar-refractivity contribution in [2.75, 3.05) is 13.2 Å². The third-order valence-electron chi connectivity index (χ3n) is 3.26. The predicted molar refractivity (Wildman–Crippen MR) is 44.3 cm³/mol. The van der Waals surface area contributed by atoms with E-state index in [1.807, 2.05) is 0 Å². The molecular formula is C9H17NO. The topological polar surface area (TPSA) is 35.2 Å². The van der Waals surface area contributed by atoms with E-state index < -0.39 is 0 Å². The van der Waals surface area contributed by atoms with Crippen LogP contribution in [0.25, 0.3) is 0 Å². The molecule has 2 fully saturated rings. The molecule has 0 amide bonds. The van der Waals surface area contributed by atoms with Gasteiger partial charge in [-0.3, -0.25) is 0 Å². The van der Waals surface area contributed by atoms with Gasteiger partial charge in [0.05, 0.1) is 6.61 Å². The molecule has 1 aliphatic heterocycles. The Labute approximate surface area is 68.1 Å². The van der Waals surface area contributed by atoms with E-state index in [0.717, 1.165) is 13.2 Å². The Morgan fingerprint density at radius 1 is 1.27 bits per heavy atom. The van der Waals surface area contributed by atoms with Gasteiger partial charge in [-0.05, 0) is 32.1 Å². The molecule has 2 nitrogen and oxygen atoms in total. The van der Waals surface area contributed by atoms with Gasteiger partial charge in [0.2, 0.25) is 0 Å². The maximum Gasteiger partial charge on any atom is 0.0511 e. The lowest BCUT2D eigenvalue weighted by atomic mass is 9.67. The summed E-state index contributed by atoms with van der Waals surface area (Å²) >= 11 is 0. The zero-order valence-corrected chi connectivity index (χ0v) is 7.01. The quantitative estimate of drug-likeness (QED) is 0.619. The fourth-order valence-corrected chi connectivity index (χ4v) is 2.19. The largest absolute Gasteiger partial charge is 0.381 e. The number of rotatable bonds is 1. The minimum absolute atomic E-state index is 0.167. The normalized spacial score (nSPS) is 36.3. The first-order chi connectivity index (χ1) is 5.31. The van der Waals surface area contributed by atoms with Crippen LogP contribution >= 0.6 is 0 Å². The molecule has 1 aliphatic carbocycles. The lowest BCUT2D eigenvalue weighted by Crippen LogP contribution is -2.55. The van der Waals surface area contributed by atoms with Gasteiger partial charge in [0.25, 0.3) is 0 Å². The Bertz CT molecular complexity index is 136. The van der Waals surface area contributed by atoms with E-state index in [1.165, 1.54) is 32.1 Å². The first-order valence-corrected chi connectivity index (χ1v) is 4.68. The number of hydrogen-bond donors (Lipinski definition) is 1. The minimum Gasteiger partial charge on any atom is -0.381 e. The summed E-state index contributed by atoms with van der Waals surface area (Å²) in [5.41, 5.74) is 6.36. The molecule has 0 aromatic carbocycles. The van der Waals surface area contributed by atoms with E-state index in [1.54, 1.807) is 0 Å². The van der Waals surface area contributed by atoms with Crippen molar-refractivity contribution in [3.05, 3.63) is 0 Å². The highest BCUT2D eigenvalue weighted by atomic mass is 16.5. The molecule has 0 radical (unpaired) electrons. The Morgan fingerprint density at radius 3 is 2.55 bits per heavy atom. The zero-order valence-electron chi connectivity index (χ0n) is 7.01. The molecule has 1 unspecified atom stereocenters. The average molecular weight is 155 g/mol. The maximum absolute atomic E-state index is 6.20. The van der Waals surface area contributed by atoms with Crippen molar-refractivity contribution in [3.63, 3.8) is 0 Å². The summed E-state index contributed by atoms with van der Waals surface area (Å²) in [5, 5.41) is 0. The van der Waals surface area contributed by atoms with Crippen LogP contribution in [0.1, 0.15) is 32.1 Å². The third-order valence-corrected chi connectivity index (χ3v) is 3.26. The number of ether oxygens (including phenoxy) is 1. The summed E-state index contributed by atoms with van der Waals surface area (Å²) in [6, 6.07) is 0. The van der Waals surface area contributed by atoms with Crippen LogP contribution in [-0.4, -0.2) is 18.8 Å². The van der Waals surface area contributed by atoms with Crippen molar-refractivity contribution in [1.29, 1.82) is 0 Å². The van der Waals surface area contributed by atoms with Gasteiger partial charge in [-0.2, -0.15) is 0 Å². The molecular weight excluding hydrogens is 138 g/mol. The molecule has 11 heavy (non-hydrogen) atoms. The Hall–Kier alpha value is -0.0800. The van der Waals surface area contributed by atoms with Crippen molar-refractivity contribution in [2.45, 2.75) is 37.6 Å². The second kappa shape index (κ2) is 2.76. The van der Waals surface area contributed by atoms with E-state index >= 15 is 0 Å². The summed E-state index contributed by atoms with van der Waals surface area (Å²) in [7, 11) is 0. The third kappa shape index (κ3) is 1.30. The summed E-state index contributed by atoms with van der Waals surface area (Å²) < 4.78 is 5.42. The standard InChI is InChI=1S/C9H17NO/c10-9(4-2-5-9)8-3-1-6-11-7-8/h8H,1-7,10H2. The van der Waals surface area contributed by atoms with Crippen LogP contribution in [0.5, 0.6) is 0 Å². The smallest absolute Gasteiger partial charge is 0.0511 e. The van der Waals surface area contributed by atoms with E-state index in [0.29, 0.717) is 5.92 Å². The molecule has 1 saturated heterocycles. The summed E-state index contributed by atoms with van der Waals surface area (Å²) in [6.45, 7) is 1.86. The predicted octanol–water partition coefficient (Wildman–Crippen LogP) is 1.29. The van der Waals surface area contributed by atoms with Crippen LogP contribution in [0.3, 0.4) is 0 Å². The van der Waals surface area contributed by atoms with Gasteiger partial charge >= 0.3 is 0 Å². The van der Waals surface area contributed by atoms with Crippen LogP contribution < -0.4 is 5.73 Å². The molecule has 2 rings (SSSR count). The van der Waals surface area contributed by atoms with E-state index in [4.69, 9.17) is 10.5 Å². The second-order valence-corrected chi connectivity index (χ2v) is 4.00. The van der Waals surface area contributed by atoms with Crippen LogP contribution in [0, 0.1) is 5.92 Å². The summed E-state index contributed by atoms with van der Waals surface area (Å²) in [4.78, 5) is 0. The first-order valence-electron chi connectivity index (χ1n) is 4.68. The van der Waals surface area contributed by atoms with Gasteiger partial charge in [-0.1, -0.05) is 0 Å². The molecule has 2 N–H and O–H groups in total. The second-order valence-electron chi connectivity index (χ2n) is 4.00. The van der Waals surface area contributed by atoms with Crippen LogP contribution in [0.4, 0.5) is 0 Å². The lowest BCUT2D eigenvalue weighted by Gasteiger charge is -2.46. The highest BCUT2D eigenvalue weighted by Gasteiger charge is 2.40. The molecule has 0 spiro atoms. The Balaban J connectivity index is 1.91. The first kappa shape index (κ1) is 7.56. The molecule has 1 heterocycles. The van der Waals surface area contributed by atoms with Gasteiger partial charge in [-0.25, -0.2) is 0 Å². The van der Waals surface area contributed by atoms with Crippen molar-refractivity contribution in [2.24, 2.45) is 11.7 Å². The maximum atomic E-state index is 6.20. The zero-order chi connectivity index (χ0) is 7.73. The average Bonchev–Trinajstić information content (AvgIpc) is 2.02. The monoisotopic (exact) mass is 155 g/mol. The highest BCUT2D eigenvalue weighted by molar-refractivity contribution is 4.98. The van der Waals surface area contributed by atoms with E-state index in [2.05, 4.69) is 0 Å². The highest BCUT2D eigenvalue weighted by Crippen LogP contribution is 2.39. The molecule has 0 aromatic rings. The van der Waals surface area contributed by atoms with Gasteiger partial charge in [0.15, 0.2) is 0 Å². The Kier molecular flexibility index (Phi) is 1.90. The minimum atomic E-state index is 0.167. The van der Waals surface area contributed by atoms with Gasteiger partial charge in [-0.15, -0.1) is 0 Å². The number of nitrogens with two attached hydrogens (primary N) is 1. The summed E-state index contributed by atoms with van der Waals surface area (Å²) in [5.74, 6) is 0.657. The SMILES string of the molecule is NC1(C2CCCOC2)CCC1. The van der Waals surface area contributed by atoms with Crippen molar-refractivity contribution in [1.82, 2.24) is 0 Å². The molecule has 0 aromatic heterocycles. The van der Waals surface area contributed by atoms with E-state index in [9.17, 15) is 0 Å². The summed E-state index contributed by atoms with van der Waals surface area (Å²) in [6.07, 6.45) is 6.27. The van der Waals surface area contributed by atoms with Crippen LogP contribution in [0.2, 0.25) is 0 Å². The lowest BCUT2D eigenvalue weighted by molar-refractivity contribution is -0.00206. The van der Waals surface area contributed by atoms with Crippen molar-refractivity contribution < 1.29 is 4.74 Å². The fourth-order valence-electron chi connectivity index (χ4n) is 2.19. The van der Waals surface area contributed by atoms with Gasteiger partial charge in [0.1, 0.15) is 0 Å². The molecule has 2 aliphatic rings. The van der Waals surface area contributed by atoms with Gasteiger partial charge in [0, 0.05) is 18.1 Å². The molecule has 0 bridgehead atoms.